The summed E-state index contributed by atoms with van der Waals surface area (Å²) < 4.78 is 6.50. The molecule has 1 amide bonds. The zero-order valence-corrected chi connectivity index (χ0v) is 18.2. The standard InChI is InChI=1S/C24H22N2O2S2/c25-15-18-6-4-5-7-19(18)16-28-21-12-10-17(11-13-21)14-22-23(27)26(24(29)30-22)20-8-2-1-3-9-20/h4-7,10-14,20H,1-3,8-9,16H2/b22-14+. The van der Waals surface area contributed by atoms with E-state index in [2.05, 4.69) is 6.07 Å². The summed E-state index contributed by atoms with van der Waals surface area (Å²) in [5, 5.41) is 9.18. The third kappa shape index (κ3) is 4.58. The number of benzene rings is 2. The summed E-state index contributed by atoms with van der Waals surface area (Å²) in [7, 11) is 0. The van der Waals surface area contributed by atoms with Gasteiger partial charge in [-0.2, -0.15) is 5.26 Å². The Balaban J connectivity index is 1.41. The van der Waals surface area contributed by atoms with Crippen LogP contribution in [0.4, 0.5) is 0 Å². The Morgan fingerprint density at radius 2 is 1.87 bits per heavy atom. The van der Waals surface area contributed by atoms with Crippen molar-refractivity contribution in [3.05, 3.63) is 70.1 Å². The number of thioether (sulfide) groups is 1. The van der Waals surface area contributed by atoms with Crippen LogP contribution in [0.3, 0.4) is 0 Å². The number of hydrogen-bond acceptors (Lipinski definition) is 5. The van der Waals surface area contributed by atoms with Crippen molar-refractivity contribution < 1.29 is 9.53 Å². The molecule has 152 valence electrons. The molecular formula is C24H22N2O2S2. The Bertz CT molecular complexity index is 1020. The van der Waals surface area contributed by atoms with Crippen molar-refractivity contribution in [3.8, 4) is 11.8 Å². The van der Waals surface area contributed by atoms with E-state index in [1.54, 1.807) is 6.07 Å². The van der Waals surface area contributed by atoms with E-state index in [-0.39, 0.29) is 11.9 Å². The predicted molar refractivity (Wildman–Crippen MR) is 124 cm³/mol. The van der Waals surface area contributed by atoms with Crippen LogP contribution >= 0.6 is 24.0 Å². The molecule has 1 aliphatic heterocycles. The first-order valence-corrected chi connectivity index (χ1v) is 11.4. The van der Waals surface area contributed by atoms with Gasteiger partial charge in [0, 0.05) is 11.6 Å². The van der Waals surface area contributed by atoms with Crippen LogP contribution in [0.5, 0.6) is 5.75 Å². The second-order valence-corrected chi connectivity index (χ2v) is 9.15. The van der Waals surface area contributed by atoms with Gasteiger partial charge in [0.1, 0.15) is 16.7 Å². The highest BCUT2D eigenvalue weighted by Crippen LogP contribution is 2.37. The Hall–Kier alpha value is -2.62. The minimum Gasteiger partial charge on any atom is -0.489 e. The van der Waals surface area contributed by atoms with Crippen molar-refractivity contribution in [1.29, 1.82) is 5.26 Å². The summed E-state index contributed by atoms with van der Waals surface area (Å²) in [4.78, 5) is 15.4. The second-order valence-electron chi connectivity index (χ2n) is 7.47. The number of carbonyl (C=O) groups is 1. The normalized spacial score (nSPS) is 18.6. The van der Waals surface area contributed by atoms with Gasteiger partial charge in [-0.25, -0.2) is 0 Å². The number of amides is 1. The zero-order chi connectivity index (χ0) is 20.9. The van der Waals surface area contributed by atoms with Gasteiger partial charge in [-0.1, -0.05) is 73.6 Å². The smallest absolute Gasteiger partial charge is 0.266 e. The van der Waals surface area contributed by atoms with Crippen LogP contribution in [0, 0.1) is 11.3 Å². The molecule has 0 radical (unpaired) electrons. The fraction of sp³-hybridized carbons (Fsp3) is 0.292. The highest BCUT2D eigenvalue weighted by Gasteiger charge is 2.37. The average Bonchev–Trinajstić information content (AvgIpc) is 3.06. The summed E-state index contributed by atoms with van der Waals surface area (Å²) in [6.07, 6.45) is 7.57. The summed E-state index contributed by atoms with van der Waals surface area (Å²) in [5.41, 5.74) is 2.41. The van der Waals surface area contributed by atoms with Crippen molar-refractivity contribution >= 4 is 40.3 Å². The topological polar surface area (TPSA) is 53.3 Å². The lowest BCUT2D eigenvalue weighted by Crippen LogP contribution is -2.39. The van der Waals surface area contributed by atoms with Gasteiger partial charge in [0.25, 0.3) is 5.91 Å². The summed E-state index contributed by atoms with van der Waals surface area (Å²) in [5.74, 6) is 0.750. The van der Waals surface area contributed by atoms with Crippen molar-refractivity contribution in [2.45, 2.75) is 44.8 Å². The van der Waals surface area contributed by atoms with E-state index in [1.807, 2.05) is 53.4 Å². The number of thiocarbonyl (C=S) groups is 1. The molecule has 6 heteroatoms. The molecule has 0 atom stereocenters. The molecule has 1 heterocycles. The molecule has 4 nitrogen and oxygen atoms in total. The first kappa shape index (κ1) is 20.6. The van der Waals surface area contributed by atoms with Gasteiger partial charge in [0.15, 0.2) is 0 Å². The Labute approximate surface area is 186 Å². The van der Waals surface area contributed by atoms with Crippen LogP contribution in [-0.2, 0) is 11.4 Å². The minimum absolute atomic E-state index is 0.0327. The monoisotopic (exact) mass is 434 g/mol. The van der Waals surface area contributed by atoms with Crippen LogP contribution < -0.4 is 4.74 Å². The van der Waals surface area contributed by atoms with Crippen LogP contribution in [-0.4, -0.2) is 21.2 Å². The Morgan fingerprint density at radius 1 is 1.13 bits per heavy atom. The molecule has 0 N–H and O–H groups in total. The Kier molecular flexibility index (Phi) is 6.51. The van der Waals surface area contributed by atoms with E-state index in [0.717, 1.165) is 29.7 Å². The average molecular weight is 435 g/mol. The zero-order valence-electron chi connectivity index (χ0n) is 16.5. The number of hydrogen-bond donors (Lipinski definition) is 0. The molecule has 0 unspecified atom stereocenters. The highest BCUT2D eigenvalue weighted by molar-refractivity contribution is 8.26. The number of rotatable bonds is 5. The first-order chi connectivity index (χ1) is 14.7. The van der Waals surface area contributed by atoms with Crippen molar-refractivity contribution in [2.75, 3.05) is 0 Å². The summed E-state index contributed by atoms with van der Waals surface area (Å²) in [6, 6.07) is 17.5. The molecule has 2 aromatic carbocycles. The van der Waals surface area contributed by atoms with Crippen LogP contribution in [0.2, 0.25) is 0 Å². The van der Waals surface area contributed by atoms with Gasteiger partial charge in [0.2, 0.25) is 0 Å². The lowest BCUT2D eigenvalue weighted by molar-refractivity contribution is -0.124. The number of nitrogens with zero attached hydrogens (tertiary/aromatic N) is 2. The maximum atomic E-state index is 12.9. The third-order valence-electron chi connectivity index (χ3n) is 5.47. The molecule has 30 heavy (non-hydrogen) atoms. The van der Waals surface area contributed by atoms with Crippen LogP contribution in [0.15, 0.2) is 53.4 Å². The van der Waals surface area contributed by atoms with Crippen molar-refractivity contribution in [2.24, 2.45) is 0 Å². The number of nitriles is 1. The maximum Gasteiger partial charge on any atom is 0.266 e. The minimum atomic E-state index is 0.0327. The molecule has 1 saturated carbocycles. The van der Waals surface area contributed by atoms with Crippen LogP contribution in [0.1, 0.15) is 48.8 Å². The molecule has 1 saturated heterocycles. The highest BCUT2D eigenvalue weighted by atomic mass is 32.2. The molecule has 2 aromatic rings. The predicted octanol–water partition coefficient (Wildman–Crippen LogP) is 5.67. The van der Waals surface area contributed by atoms with Crippen molar-refractivity contribution in [3.63, 3.8) is 0 Å². The van der Waals surface area contributed by atoms with Gasteiger partial charge in [-0.3, -0.25) is 9.69 Å². The third-order valence-corrected chi connectivity index (χ3v) is 6.80. The quantitative estimate of drug-likeness (QED) is 0.448. The molecule has 4 rings (SSSR count). The molecule has 0 bridgehead atoms. The molecular weight excluding hydrogens is 412 g/mol. The van der Waals surface area contributed by atoms with Gasteiger partial charge in [-0.15, -0.1) is 0 Å². The van der Waals surface area contributed by atoms with Gasteiger partial charge < -0.3 is 4.74 Å². The van der Waals surface area contributed by atoms with Gasteiger partial charge in [0.05, 0.1) is 16.5 Å². The van der Waals surface area contributed by atoms with E-state index in [1.165, 1.54) is 31.0 Å². The van der Waals surface area contributed by atoms with Gasteiger partial charge in [-0.05, 0) is 42.7 Å². The lowest BCUT2D eigenvalue weighted by Gasteiger charge is -2.29. The van der Waals surface area contributed by atoms with Crippen molar-refractivity contribution in [1.82, 2.24) is 4.90 Å². The second kappa shape index (κ2) is 9.46. The Morgan fingerprint density at radius 3 is 2.60 bits per heavy atom. The summed E-state index contributed by atoms with van der Waals surface area (Å²) >= 11 is 6.89. The molecule has 0 aromatic heterocycles. The number of ether oxygens (including phenoxy) is 1. The molecule has 2 aliphatic rings. The SMILES string of the molecule is N#Cc1ccccc1COc1ccc(/C=C2/SC(=S)N(C3CCCCC3)C2=O)cc1. The summed E-state index contributed by atoms with van der Waals surface area (Å²) in [6.45, 7) is 0.336. The molecule has 0 spiro atoms. The maximum absolute atomic E-state index is 12.9. The largest absolute Gasteiger partial charge is 0.489 e. The van der Waals surface area contributed by atoms with E-state index < -0.39 is 0 Å². The van der Waals surface area contributed by atoms with E-state index in [0.29, 0.717) is 21.4 Å². The van der Waals surface area contributed by atoms with E-state index in [4.69, 9.17) is 17.0 Å². The molecule has 1 aliphatic carbocycles. The van der Waals surface area contributed by atoms with Gasteiger partial charge >= 0.3 is 0 Å². The first-order valence-electron chi connectivity index (χ1n) is 10.1. The van der Waals surface area contributed by atoms with E-state index >= 15 is 0 Å². The lowest BCUT2D eigenvalue weighted by atomic mass is 9.94. The van der Waals surface area contributed by atoms with Crippen LogP contribution in [0.25, 0.3) is 6.08 Å². The number of carbonyl (C=O) groups excluding carboxylic acids is 1. The molecule has 2 fully saturated rings. The van der Waals surface area contributed by atoms with E-state index in [9.17, 15) is 10.1 Å². The fourth-order valence-corrected chi connectivity index (χ4v) is 5.26. The fourth-order valence-electron chi connectivity index (χ4n) is 3.86.